The van der Waals surface area contributed by atoms with E-state index in [4.69, 9.17) is 9.47 Å². The number of rotatable bonds is 8. The maximum atomic E-state index is 11.9. The number of aromatic nitrogens is 2. The smallest absolute Gasteiger partial charge is 0.169 e. The molecule has 0 spiro atoms. The Morgan fingerprint density at radius 2 is 1.90 bits per heavy atom. The number of ketones is 1. The minimum atomic E-state index is -0.0848. The molecule has 0 amide bonds. The number of aryl methyl sites for hydroxylation is 1. The fourth-order valence-corrected chi connectivity index (χ4v) is 3.46. The number of benzene rings is 2. The van der Waals surface area contributed by atoms with Gasteiger partial charge in [0.2, 0.25) is 0 Å². The number of nitrogens with zero attached hydrogens (tertiary/aromatic N) is 1. The van der Waals surface area contributed by atoms with Gasteiger partial charge in [-0.1, -0.05) is 32.0 Å². The Morgan fingerprint density at radius 3 is 2.52 bits per heavy atom. The Kier molecular flexibility index (Phi) is 6.37. The normalized spacial score (nSPS) is 12.1. The maximum Gasteiger partial charge on any atom is 0.169 e. The summed E-state index contributed by atoms with van der Waals surface area (Å²) in [4.78, 5) is 11.9. The topological polar surface area (TPSA) is 64.2 Å². The maximum absolute atomic E-state index is 11.9. The molecule has 0 saturated heterocycles. The second kappa shape index (κ2) is 8.95. The number of methoxy groups -OCH3 is 1. The van der Waals surface area contributed by atoms with Crippen molar-refractivity contribution in [2.75, 3.05) is 7.11 Å². The lowest BCUT2D eigenvalue weighted by molar-refractivity contribution is -0.117. The molecular weight excluding hydrogens is 364 g/mol. The molecule has 1 unspecified atom stereocenters. The van der Waals surface area contributed by atoms with Crippen molar-refractivity contribution in [3.8, 4) is 17.2 Å². The molecule has 1 aromatic heterocycles. The predicted octanol–water partition coefficient (Wildman–Crippen LogP) is 5.75. The quantitative estimate of drug-likeness (QED) is 0.530. The zero-order valence-electron chi connectivity index (χ0n) is 17.7. The zero-order valence-corrected chi connectivity index (χ0v) is 17.7. The van der Waals surface area contributed by atoms with Gasteiger partial charge in [0.05, 0.1) is 13.3 Å². The fourth-order valence-electron chi connectivity index (χ4n) is 3.46. The highest BCUT2D eigenvalue weighted by molar-refractivity contribution is 5.77. The van der Waals surface area contributed by atoms with Crippen LogP contribution < -0.4 is 9.47 Å². The van der Waals surface area contributed by atoms with Crippen LogP contribution in [0.1, 0.15) is 61.4 Å². The lowest BCUT2D eigenvalue weighted by Crippen LogP contribution is -2.07. The van der Waals surface area contributed by atoms with Gasteiger partial charge in [0.25, 0.3) is 0 Å². The second-order valence-corrected chi connectivity index (χ2v) is 7.65. The predicted molar refractivity (Wildman–Crippen MR) is 114 cm³/mol. The standard InChI is InChI=1S/C24H28N2O3/c1-15(2)18-7-6-8-20(12-18)29-23-10-9-19(13-24(23)28-5)21(11-16(3)27)22-14-25-26-17(22)4/h6-10,12-15,21H,11H2,1-5H3,(H,25,26). The average Bonchev–Trinajstić information content (AvgIpc) is 3.12. The van der Waals surface area contributed by atoms with E-state index in [2.05, 4.69) is 30.1 Å². The summed E-state index contributed by atoms with van der Waals surface area (Å²) in [6.07, 6.45) is 2.19. The third kappa shape index (κ3) is 4.86. The summed E-state index contributed by atoms with van der Waals surface area (Å²) in [5.74, 6) is 2.51. The number of aromatic amines is 1. The molecule has 0 bridgehead atoms. The number of nitrogens with one attached hydrogen (secondary N) is 1. The molecule has 0 saturated carbocycles. The number of hydrogen-bond donors (Lipinski definition) is 1. The average molecular weight is 392 g/mol. The third-order valence-corrected chi connectivity index (χ3v) is 5.08. The Labute approximate surface area is 172 Å². The van der Waals surface area contributed by atoms with Crippen molar-refractivity contribution >= 4 is 5.78 Å². The molecule has 152 valence electrons. The first-order valence-corrected chi connectivity index (χ1v) is 9.84. The number of carbonyl (C=O) groups excluding carboxylic acids is 1. The fraction of sp³-hybridized carbons (Fsp3) is 0.333. The molecule has 29 heavy (non-hydrogen) atoms. The second-order valence-electron chi connectivity index (χ2n) is 7.65. The van der Waals surface area contributed by atoms with Crippen LogP contribution in [-0.2, 0) is 4.79 Å². The number of H-pyrrole nitrogens is 1. The molecule has 0 aliphatic heterocycles. The molecule has 0 fully saturated rings. The summed E-state index contributed by atoms with van der Waals surface area (Å²) in [5.41, 5.74) is 4.18. The molecule has 0 radical (unpaired) electrons. The van der Waals surface area contributed by atoms with Crippen LogP contribution in [-0.4, -0.2) is 23.1 Å². The zero-order chi connectivity index (χ0) is 21.0. The van der Waals surface area contributed by atoms with Gasteiger partial charge in [-0.15, -0.1) is 0 Å². The van der Waals surface area contributed by atoms with E-state index in [9.17, 15) is 4.79 Å². The van der Waals surface area contributed by atoms with Crippen LogP contribution in [0.5, 0.6) is 17.2 Å². The van der Waals surface area contributed by atoms with Gasteiger partial charge in [0.1, 0.15) is 11.5 Å². The Morgan fingerprint density at radius 1 is 1.10 bits per heavy atom. The van der Waals surface area contributed by atoms with Crippen molar-refractivity contribution in [1.29, 1.82) is 0 Å². The SMILES string of the molecule is COc1cc(C(CC(C)=O)c2cn[nH]c2C)ccc1Oc1cccc(C(C)C)c1. The molecule has 1 atom stereocenters. The van der Waals surface area contributed by atoms with Crippen molar-refractivity contribution in [2.45, 2.75) is 46.0 Å². The highest BCUT2D eigenvalue weighted by Gasteiger charge is 2.21. The molecule has 3 aromatic rings. The van der Waals surface area contributed by atoms with Crippen LogP contribution in [0.3, 0.4) is 0 Å². The van der Waals surface area contributed by atoms with Crippen molar-refractivity contribution in [2.24, 2.45) is 0 Å². The summed E-state index contributed by atoms with van der Waals surface area (Å²) < 4.78 is 11.7. The van der Waals surface area contributed by atoms with Gasteiger partial charge in [-0.25, -0.2) is 0 Å². The largest absolute Gasteiger partial charge is 0.493 e. The molecule has 5 heteroatoms. The first-order chi connectivity index (χ1) is 13.9. The van der Waals surface area contributed by atoms with Gasteiger partial charge in [-0.3, -0.25) is 9.89 Å². The number of ether oxygens (including phenoxy) is 2. The molecule has 1 heterocycles. The molecule has 5 nitrogen and oxygen atoms in total. The van der Waals surface area contributed by atoms with Gasteiger partial charge >= 0.3 is 0 Å². The Hall–Kier alpha value is -3.08. The van der Waals surface area contributed by atoms with Crippen LogP contribution in [0.15, 0.2) is 48.7 Å². The molecule has 3 rings (SSSR count). The van der Waals surface area contributed by atoms with E-state index < -0.39 is 0 Å². The molecule has 0 aliphatic rings. The lowest BCUT2D eigenvalue weighted by atomic mass is 9.87. The number of hydrogen-bond acceptors (Lipinski definition) is 4. The number of carbonyl (C=O) groups is 1. The van der Waals surface area contributed by atoms with Crippen molar-refractivity contribution < 1.29 is 14.3 Å². The van der Waals surface area contributed by atoms with E-state index in [1.165, 1.54) is 5.56 Å². The summed E-state index contributed by atoms with van der Waals surface area (Å²) in [6.45, 7) is 7.88. The van der Waals surface area contributed by atoms with Gasteiger partial charge in [0.15, 0.2) is 11.5 Å². The van der Waals surface area contributed by atoms with Gasteiger partial charge in [-0.2, -0.15) is 5.10 Å². The van der Waals surface area contributed by atoms with Gasteiger partial charge in [0, 0.05) is 23.6 Å². The van der Waals surface area contributed by atoms with E-state index in [0.29, 0.717) is 23.8 Å². The van der Waals surface area contributed by atoms with Crippen LogP contribution in [0.2, 0.25) is 0 Å². The highest BCUT2D eigenvalue weighted by Crippen LogP contribution is 2.38. The summed E-state index contributed by atoms with van der Waals surface area (Å²) in [5, 5.41) is 7.08. The first kappa shape index (κ1) is 20.6. The van der Waals surface area contributed by atoms with Crippen LogP contribution in [0.25, 0.3) is 0 Å². The number of Topliss-reactive ketones (excluding diaryl/α,β-unsaturated/α-hetero) is 1. The van der Waals surface area contributed by atoms with E-state index in [1.54, 1.807) is 20.2 Å². The Balaban J connectivity index is 1.94. The molecule has 2 aromatic carbocycles. The van der Waals surface area contributed by atoms with E-state index >= 15 is 0 Å². The summed E-state index contributed by atoms with van der Waals surface area (Å²) >= 11 is 0. The molecule has 1 N–H and O–H groups in total. The van der Waals surface area contributed by atoms with Crippen LogP contribution >= 0.6 is 0 Å². The molecule has 0 aliphatic carbocycles. The third-order valence-electron chi connectivity index (χ3n) is 5.08. The van der Waals surface area contributed by atoms with Gasteiger partial charge in [-0.05, 0) is 55.2 Å². The van der Waals surface area contributed by atoms with Crippen molar-refractivity contribution in [3.05, 3.63) is 71.0 Å². The summed E-state index contributed by atoms with van der Waals surface area (Å²) in [6, 6.07) is 13.9. The highest BCUT2D eigenvalue weighted by atomic mass is 16.5. The van der Waals surface area contributed by atoms with Crippen molar-refractivity contribution in [1.82, 2.24) is 10.2 Å². The molecular formula is C24H28N2O3. The summed E-state index contributed by atoms with van der Waals surface area (Å²) in [7, 11) is 1.62. The Bertz CT molecular complexity index is 991. The lowest BCUT2D eigenvalue weighted by Gasteiger charge is -2.18. The van der Waals surface area contributed by atoms with Crippen molar-refractivity contribution in [3.63, 3.8) is 0 Å². The van der Waals surface area contributed by atoms with Crippen LogP contribution in [0.4, 0.5) is 0 Å². The van der Waals surface area contributed by atoms with E-state index in [-0.39, 0.29) is 11.7 Å². The van der Waals surface area contributed by atoms with Crippen LogP contribution in [0, 0.1) is 6.92 Å². The minimum absolute atomic E-state index is 0.0848. The monoisotopic (exact) mass is 392 g/mol. The van der Waals surface area contributed by atoms with E-state index in [0.717, 1.165) is 22.6 Å². The van der Waals surface area contributed by atoms with E-state index in [1.807, 2.05) is 43.3 Å². The first-order valence-electron chi connectivity index (χ1n) is 9.84. The minimum Gasteiger partial charge on any atom is -0.493 e. The van der Waals surface area contributed by atoms with Gasteiger partial charge < -0.3 is 9.47 Å².